The fourth-order valence-corrected chi connectivity index (χ4v) is 1.68. The summed E-state index contributed by atoms with van der Waals surface area (Å²) >= 11 is 3.34. The van der Waals surface area contributed by atoms with Gasteiger partial charge in [-0.1, -0.05) is 26.0 Å². The van der Waals surface area contributed by atoms with E-state index in [1.165, 1.54) is 0 Å². The Bertz CT molecular complexity index is 566. The van der Waals surface area contributed by atoms with Crippen molar-refractivity contribution in [2.24, 2.45) is 0 Å². The zero-order valence-corrected chi connectivity index (χ0v) is 11.6. The zero-order valence-electron chi connectivity index (χ0n) is 9.98. The number of benzene rings is 1. The lowest BCUT2D eigenvalue weighted by atomic mass is 10.2. The summed E-state index contributed by atoms with van der Waals surface area (Å²) in [7, 11) is 0. The molecule has 0 aliphatic heterocycles. The van der Waals surface area contributed by atoms with Crippen molar-refractivity contribution in [2.45, 2.75) is 19.8 Å². The first-order valence-corrected chi connectivity index (χ1v) is 6.26. The summed E-state index contributed by atoms with van der Waals surface area (Å²) < 4.78 is 6.06. The number of carbonyl (C=O) groups excluding carboxylic acids is 1. The number of rotatable bonds is 3. The molecular weight excluding hydrogens is 298 g/mol. The molecule has 1 amide bonds. The van der Waals surface area contributed by atoms with Crippen LogP contribution in [0.15, 0.2) is 33.2 Å². The second-order valence-electron chi connectivity index (χ2n) is 4.03. The number of hydrogen-bond acceptors (Lipinski definition) is 4. The number of nitrogens with zero attached hydrogens (tertiary/aromatic N) is 2. The van der Waals surface area contributed by atoms with Crippen LogP contribution in [0.4, 0.5) is 5.69 Å². The van der Waals surface area contributed by atoms with Gasteiger partial charge in [-0.25, -0.2) is 0 Å². The molecule has 1 aromatic carbocycles. The van der Waals surface area contributed by atoms with Crippen LogP contribution >= 0.6 is 15.9 Å². The second-order valence-corrected chi connectivity index (χ2v) is 4.89. The van der Waals surface area contributed by atoms with Crippen LogP contribution in [0.1, 0.15) is 36.3 Å². The van der Waals surface area contributed by atoms with Crippen molar-refractivity contribution in [3.8, 4) is 0 Å². The molecule has 0 atom stereocenters. The molecule has 5 nitrogen and oxygen atoms in total. The molecule has 0 aliphatic carbocycles. The molecule has 2 aromatic rings. The molecule has 1 heterocycles. The summed E-state index contributed by atoms with van der Waals surface area (Å²) in [5, 5.41) is 10.2. The molecule has 6 heteroatoms. The van der Waals surface area contributed by atoms with E-state index in [2.05, 4.69) is 31.4 Å². The van der Waals surface area contributed by atoms with E-state index < -0.39 is 5.91 Å². The van der Waals surface area contributed by atoms with E-state index in [9.17, 15) is 4.79 Å². The van der Waals surface area contributed by atoms with Crippen LogP contribution in [0.25, 0.3) is 0 Å². The molecule has 0 fully saturated rings. The third-order valence-corrected chi connectivity index (χ3v) is 2.94. The van der Waals surface area contributed by atoms with E-state index >= 15 is 0 Å². The quantitative estimate of drug-likeness (QED) is 0.945. The average Bonchev–Trinajstić information content (AvgIpc) is 2.81. The summed E-state index contributed by atoms with van der Waals surface area (Å²) in [4.78, 5) is 11.9. The monoisotopic (exact) mass is 309 g/mol. The van der Waals surface area contributed by atoms with E-state index in [1.54, 1.807) is 6.07 Å². The molecular formula is C12H12BrN3O2. The molecule has 0 saturated carbocycles. The van der Waals surface area contributed by atoms with Crippen LogP contribution in [0.3, 0.4) is 0 Å². The lowest BCUT2D eigenvalue weighted by molar-refractivity contribution is 0.0988. The highest BCUT2D eigenvalue weighted by atomic mass is 79.9. The maximum atomic E-state index is 11.9. The number of hydrogen-bond donors (Lipinski definition) is 1. The van der Waals surface area contributed by atoms with Gasteiger partial charge in [-0.05, 0) is 28.1 Å². The second kappa shape index (κ2) is 5.30. The summed E-state index contributed by atoms with van der Waals surface area (Å²) in [6, 6.07) is 7.31. The Hall–Kier alpha value is -1.69. The third kappa shape index (κ3) is 2.76. The van der Waals surface area contributed by atoms with Crippen LogP contribution in [-0.2, 0) is 0 Å². The van der Waals surface area contributed by atoms with Crippen LogP contribution < -0.4 is 5.32 Å². The van der Waals surface area contributed by atoms with E-state index in [1.807, 2.05) is 32.0 Å². The van der Waals surface area contributed by atoms with Crippen molar-refractivity contribution < 1.29 is 9.21 Å². The van der Waals surface area contributed by atoms with Crippen LogP contribution in [0.2, 0.25) is 0 Å². The number of aromatic nitrogens is 2. The molecule has 1 N–H and O–H groups in total. The topological polar surface area (TPSA) is 68.0 Å². The largest absolute Gasteiger partial charge is 0.417 e. The van der Waals surface area contributed by atoms with Crippen molar-refractivity contribution >= 4 is 27.5 Å². The van der Waals surface area contributed by atoms with Gasteiger partial charge in [-0.3, -0.25) is 4.79 Å². The van der Waals surface area contributed by atoms with Gasteiger partial charge in [-0.2, -0.15) is 0 Å². The highest BCUT2D eigenvalue weighted by Gasteiger charge is 2.17. The standard InChI is InChI=1S/C12H12BrN3O2/c1-7(2)11-15-16-12(18-11)10(17)14-9-6-4-3-5-8(9)13/h3-7H,1-2H3,(H,14,17). The minimum absolute atomic E-state index is 0.0329. The lowest BCUT2D eigenvalue weighted by Crippen LogP contribution is -2.12. The molecule has 1 aromatic heterocycles. The molecule has 0 spiro atoms. The van der Waals surface area contributed by atoms with Crippen LogP contribution in [-0.4, -0.2) is 16.1 Å². The van der Waals surface area contributed by atoms with Gasteiger partial charge < -0.3 is 9.73 Å². The van der Waals surface area contributed by atoms with Gasteiger partial charge >= 0.3 is 11.8 Å². The van der Waals surface area contributed by atoms with Crippen molar-refractivity contribution in [1.29, 1.82) is 0 Å². The van der Waals surface area contributed by atoms with Crippen molar-refractivity contribution in [3.05, 3.63) is 40.5 Å². The zero-order chi connectivity index (χ0) is 13.1. The van der Waals surface area contributed by atoms with Gasteiger partial charge in [0.1, 0.15) is 0 Å². The fraction of sp³-hybridized carbons (Fsp3) is 0.250. The van der Waals surface area contributed by atoms with Crippen molar-refractivity contribution in [2.75, 3.05) is 5.32 Å². The Morgan fingerprint density at radius 1 is 1.33 bits per heavy atom. The van der Waals surface area contributed by atoms with Gasteiger partial charge in [0.25, 0.3) is 0 Å². The number of anilines is 1. The van der Waals surface area contributed by atoms with Gasteiger partial charge in [0.05, 0.1) is 5.69 Å². The molecule has 0 saturated heterocycles. The number of halogens is 1. The summed E-state index contributed by atoms with van der Waals surface area (Å²) in [5.41, 5.74) is 0.659. The number of nitrogens with one attached hydrogen (secondary N) is 1. The highest BCUT2D eigenvalue weighted by Crippen LogP contribution is 2.22. The Balaban J connectivity index is 2.15. The minimum atomic E-state index is -0.415. The minimum Gasteiger partial charge on any atom is -0.417 e. The van der Waals surface area contributed by atoms with Crippen molar-refractivity contribution in [1.82, 2.24) is 10.2 Å². The SMILES string of the molecule is CC(C)c1nnc(C(=O)Nc2ccccc2Br)o1. The Morgan fingerprint density at radius 2 is 2.06 bits per heavy atom. The molecule has 94 valence electrons. The predicted octanol–water partition coefficient (Wildman–Crippen LogP) is 3.21. The Labute approximate surface area is 113 Å². The van der Waals surface area contributed by atoms with Crippen LogP contribution in [0.5, 0.6) is 0 Å². The first kappa shape index (κ1) is 12.8. The number of carbonyl (C=O) groups is 1. The fourth-order valence-electron chi connectivity index (χ4n) is 1.30. The molecule has 0 bridgehead atoms. The first-order valence-electron chi connectivity index (χ1n) is 5.47. The van der Waals surface area contributed by atoms with E-state index in [-0.39, 0.29) is 11.8 Å². The van der Waals surface area contributed by atoms with E-state index in [4.69, 9.17) is 4.42 Å². The summed E-state index contributed by atoms with van der Waals surface area (Å²) in [6.07, 6.45) is 0. The normalized spacial score (nSPS) is 10.7. The highest BCUT2D eigenvalue weighted by molar-refractivity contribution is 9.10. The lowest BCUT2D eigenvalue weighted by Gasteiger charge is -2.03. The maximum Gasteiger partial charge on any atom is 0.313 e. The van der Waals surface area contributed by atoms with E-state index in [0.29, 0.717) is 11.6 Å². The van der Waals surface area contributed by atoms with Crippen LogP contribution in [0, 0.1) is 0 Å². The average molecular weight is 310 g/mol. The maximum absolute atomic E-state index is 11.9. The first-order chi connectivity index (χ1) is 8.58. The molecule has 0 radical (unpaired) electrons. The van der Waals surface area contributed by atoms with Gasteiger partial charge in [-0.15, -0.1) is 10.2 Å². The summed E-state index contributed by atoms with van der Waals surface area (Å²) in [5.74, 6) is 0.102. The predicted molar refractivity (Wildman–Crippen MR) is 70.5 cm³/mol. The smallest absolute Gasteiger partial charge is 0.313 e. The number of para-hydroxylation sites is 1. The molecule has 0 unspecified atom stereocenters. The van der Waals surface area contributed by atoms with E-state index in [0.717, 1.165) is 4.47 Å². The number of amides is 1. The van der Waals surface area contributed by atoms with Gasteiger partial charge in [0.2, 0.25) is 5.89 Å². The molecule has 0 aliphatic rings. The molecule has 18 heavy (non-hydrogen) atoms. The molecule has 2 rings (SSSR count). The summed E-state index contributed by atoms with van der Waals surface area (Å²) in [6.45, 7) is 3.84. The Morgan fingerprint density at radius 3 is 2.67 bits per heavy atom. The third-order valence-electron chi connectivity index (χ3n) is 2.25. The van der Waals surface area contributed by atoms with Gasteiger partial charge in [0, 0.05) is 10.4 Å². The Kier molecular flexibility index (Phi) is 3.76. The van der Waals surface area contributed by atoms with Crippen molar-refractivity contribution in [3.63, 3.8) is 0 Å². The van der Waals surface area contributed by atoms with Gasteiger partial charge in [0.15, 0.2) is 0 Å².